The summed E-state index contributed by atoms with van der Waals surface area (Å²) in [6, 6.07) is 15.6. The Morgan fingerprint density at radius 1 is 1.05 bits per heavy atom. The maximum absolute atomic E-state index is 13.0. The van der Waals surface area contributed by atoms with Crippen molar-refractivity contribution >= 4 is 18.0 Å². The molecule has 1 saturated heterocycles. The van der Waals surface area contributed by atoms with Gasteiger partial charge in [0.1, 0.15) is 18.2 Å². The van der Waals surface area contributed by atoms with Crippen LogP contribution in [0, 0.1) is 0 Å². The molecule has 196 valence electrons. The number of azide groups is 1. The van der Waals surface area contributed by atoms with Gasteiger partial charge in [-0.05, 0) is 55.8 Å². The number of alkyl carbamates (subject to hydrolysis) is 1. The molecule has 1 fully saturated rings. The minimum Gasteiger partial charge on any atom is -0.459 e. The Bertz CT molecular complexity index is 1120. The molecule has 3 rings (SSSR count). The predicted octanol–water partition coefficient (Wildman–Crippen LogP) is 4.67. The van der Waals surface area contributed by atoms with Crippen LogP contribution >= 0.6 is 0 Å². The molecule has 0 bridgehead atoms. The first kappa shape index (κ1) is 27.5. The quantitative estimate of drug-likeness (QED) is 0.228. The van der Waals surface area contributed by atoms with Crippen molar-refractivity contribution in [3.63, 3.8) is 0 Å². The third kappa shape index (κ3) is 8.84. The molecule has 0 aliphatic carbocycles. The summed E-state index contributed by atoms with van der Waals surface area (Å²) in [5.74, 6) is -0.706. The summed E-state index contributed by atoms with van der Waals surface area (Å²) in [4.78, 5) is 42.0. The van der Waals surface area contributed by atoms with E-state index >= 15 is 0 Å². The first-order chi connectivity index (χ1) is 17.6. The van der Waals surface area contributed by atoms with Crippen LogP contribution in [0.1, 0.15) is 50.3 Å². The van der Waals surface area contributed by atoms with Crippen LogP contribution in [-0.4, -0.2) is 47.1 Å². The molecule has 2 amide bonds. The molecule has 0 saturated carbocycles. The largest absolute Gasteiger partial charge is 0.459 e. The molecule has 37 heavy (non-hydrogen) atoms. The Morgan fingerprint density at radius 2 is 1.73 bits per heavy atom. The van der Waals surface area contributed by atoms with Crippen molar-refractivity contribution in [3.05, 3.63) is 81.7 Å². The third-order valence-electron chi connectivity index (χ3n) is 5.80. The van der Waals surface area contributed by atoms with Crippen LogP contribution < -0.4 is 5.32 Å². The lowest BCUT2D eigenvalue weighted by Gasteiger charge is -2.23. The molecular formula is C27H33N5O5. The summed E-state index contributed by atoms with van der Waals surface area (Å²) in [6.07, 6.45) is 0.431. The van der Waals surface area contributed by atoms with Gasteiger partial charge in [0.2, 0.25) is 5.91 Å². The highest BCUT2D eigenvalue weighted by molar-refractivity contribution is 5.85. The monoisotopic (exact) mass is 507 g/mol. The normalized spacial score (nSPS) is 17.0. The Hall–Kier alpha value is -4.04. The van der Waals surface area contributed by atoms with Gasteiger partial charge in [0.25, 0.3) is 0 Å². The molecule has 1 N–H and O–H groups in total. The molecule has 0 spiro atoms. The fourth-order valence-corrected chi connectivity index (χ4v) is 4.00. The first-order valence-electron chi connectivity index (χ1n) is 12.2. The van der Waals surface area contributed by atoms with E-state index in [2.05, 4.69) is 15.3 Å². The van der Waals surface area contributed by atoms with Gasteiger partial charge < -0.3 is 19.7 Å². The van der Waals surface area contributed by atoms with E-state index in [1.165, 1.54) is 4.90 Å². The number of nitrogens with zero attached hydrogens (tertiary/aromatic N) is 4. The second-order valence-electron chi connectivity index (χ2n) is 9.92. The molecule has 10 heteroatoms. The van der Waals surface area contributed by atoms with Gasteiger partial charge >= 0.3 is 12.1 Å². The summed E-state index contributed by atoms with van der Waals surface area (Å²) in [5.41, 5.74) is 11.0. The molecule has 2 aromatic carbocycles. The molecule has 1 aliphatic rings. The number of esters is 1. The molecule has 0 aromatic heterocycles. The van der Waals surface area contributed by atoms with Crippen molar-refractivity contribution < 1.29 is 23.9 Å². The van der Waals surface area contributed by atoms with E-state index in [0.29, 0.717) is 13.0 Å². The van der Waals surface area contributed by atoms with E-state index in [1.54, 1.807) is 20.8 Å². The van der Waals surface area contributed by atoms with Gasteiger partial charge in [-0.25, -0.2) is 9.59 Å². The third-order valence-corrected chi connectivity index (χ3v) is 5.80. The number of ether oxygens (including phenoxy) is 2. The molecule has 10 nitrogen and oxygen atoms in total. The molecular weight excluding hydrogens is 474 g/mol. The van der Waals surface area contributed by atoms with Crippen LogP contribution in [0.25, 0.3) is 10.4 Å². The zero-order valence-electron chi connectivity index (χ0n) is 21.4. The van der Waals surface area contributed by atoms with Crippen LogP contribution in [0.5, 0.6) is 0 Å². The number of nitrogens with one attached hydrogen (secondary N) is 1. The van der Waals surface area contributed by atoms with Crippen molar-refractivity contribution in [2.24, 2.45) is 5.11 Å². The zero-order chi connectivity index (χ0) is 26.8. The molecule has 1 heterocycles. The van der Waals surface area contributed by atoms with E-state index in [-0.39, 0.29) is 31.9 Å². The summed E-state index contributed by atoms with van der Waals surface area (Å²) < 4.78 is 10.7. The maximum Gasteiger partial charge on any atom is 0.407 e. The van der Waals surface area contributed by atoms with Gasteiger partial charge in [-0.15, -0.1) is 0 Å². The standard InChI is InChI=1S/C27H33N5O5/c1-27(2,3)37-26(35)29-16-20-11-9-19(10-12-20)13-14-24(33)32-17-22(30-31-28)15-23(32)25(34)36-18-21-7-5-4-6-8-21/h4-12,22-23H,13-18H2,1-3H3,(H,29,35). The number of aryl methyl sites for hydroxylation is 1. The second kappa shape index (κ2) is 12.8. The fourth-order valence-electron chi connectivity index (χ4n) is 4.00. The minimum atomic E-state index is -0.784. The molecule has 2 atom stereocenters. The summed E-state index contributed by atoms with van der Waals surface area (Å²) in [5, 5.41) is 6.44. The lowest BCUT2D eigenvalue weighted by atomic mass is 10.1. The number of benzene rings is 2. The molecule has 1 aliphatic heterocycles. The summed E-state index contributed by atoms with van der Waals surface area (Å²) in [6.45, 7) is 6.03. The topological polar surface area (TPSA) is 134 Å². The minimum absolute atomic E-state index is 0.111. The van der Waals surface area contributed by atoms with Crippen LogP contribution in [0.4, 0.5) is 4.79 Å². The maximum atomic E-state index is 13.0. The van der Waals surface area contributed by atoms with Crippen molar-refractivity contribution in [1.29, 1.82) is 0 Å². The Morgan fingerprint density at radius 3 is 2.38 bits per heavy atom. The molecule has 0 radical (unpaired) electrons. The van der Waals surface area contributed by atoms with E-state index in [1.807, 2.05) is 54.6 Å². The van der Waals surface area contributed by atoms with Crippen molar-refractivity contribution in [2.75, 3.05) is 6.54 Å². The van der Waals surface area contributed by atoms with E-state index in [0.717, 1.165) is 16.7 Å². The number of hydrogen-bond donors (Lipinski definition) is 1. The van der Waals surface area contributed by atoms with Crippen molar-refractivity contribution in [3.8, 4) is 0 Å². The number of likely N-dealkylation sites (tertiary alicyclic amines) is 1. The highest BCUT2D eigenvalue weighted by Crippen LogP contribution is 2.24. The number of carbonyl (C=O) groups is 3. The number of amides is 2. The first-order valence-corrected chi connectivity index (χ1v) is 12.2. The van der Waals surface area contributed by atoms with Crippen molar-refractivity contribution in [1.82, 2.24) is 10.2 Å². The van der Waals surface area contributed by atoms with E-state index in [9.17, 15) is 14.4 Å². The number of rotatable bonds is 9. The second-order valence-corrected chi connectivity index (χ2v) is 9.92. The van der Waals surface area contributed by atoms with Gasteiger partial charge in [-0.1, -0.05) is 59.7 Å². The lowest BCUT2D eigenvalue weighted by Crippen LogP contribution is -2.41. The number of hydrogen-bond acceptors (Lipinski definition) is 6. The van der Waals surface area contributed by atoms with Crippen molar-refractivity contribution in [2.45, 2.75) is 70.9 Å². The van der Waals surface area contributed by atoms with E-state index < -0.39 is 29.7 Å². The van der Waals surface area contributed by atoms with Gasteiger partial charge in [0.05, 0.1) is 6.04 Å². The smallest absolute Gasteiger partial charge is 0.407 e. The fraction of sp³-hybridized carbons (Fsp3) is 0.444. The highest BCUT2D eigenvalue weighted by atomic mass is 16.6. The van der Waals surface area contributed by atoms with Crippen LogP contribution in [0.2, 0.25) is 0 Å². The highest BCUT2D eigenvalue weighted by Gasteiger charge is 2.40. The predicted molar refractivity (Wildman–Crippen MR) is 137 cm³/mol. The van der Waals surface area contributed by atoms with E-state index in [4.69, 9.17) is 15.0 Å². The summed E-state index contributed by atoms with van der Waals surface area (Å²) in [7, 11) is 0. The van der Waals surface area contributed by atoms with Crippen LogP contribution in [-0.2, 0) is 38.6 Å². The van der Waals surface area contributed by atoms with Gasteiger partial charge in [0.15, 0.2) is 0 Å². The van der Waals surface area contributed by atoms with Gasteiger partial charge in [0, 0.05) is 24.4 Å². The van der Waals surface area contributed by atoms with Gasteiger partial charge in [-0.3, -0.25) is 4.79 Å². The van der Waals surface area contributed by atoms with Crippen LogP contribution in [0.15, 0.2) is 59.7 Å². The number of carbonyl (C=O) groups excluding carboxylic acids is 3. The van der Waals surface area contributed by atoms with Gasteiger partial charge in [-0.2, -0.15) is 0 Å². The average Bonchev–Trinajstić information content (AvgIpc) is 3.29. The van der Waals surface area contributed by atoms with Crippen LogP contribution in [0.3, 0.4) is 0 Å². The summed E-state index contributed by atoms with van der Waals surface area (Å²) >= 11 is 0. The average molecular weight is 508 g/mol. The zero-order valence-corrected chi connectivity index (χ0v) is 21.4. The SMILES string of the molecule is CC(C)(C)OC(=O)NCc1ccc(CCC(=O)N2CC(N=[N+]=[N-])CC2C(=O)OCc2ccccc2)cc1. The molecule has 2 unspecified atom stereocenters. The molecule has 2 aromatic rings. The Balaban J connectivity index is 1.53. The lowest BCUT2D eigenvalue weighted by molar-refractivity contribution is -0.154. The Labute approximate surface area is 216 Å². The Kier molecular flexibility index (Phi) is 9.51.